The van der Waals surface area contributed by atoms with E-state index < -0.39 is 5.97 Å². The molecule has 2 aromatic rings. The van der Waals surface area contributed by atoms with Gasteiger partial charge in [-0.3, -0.25) is 9.59 Å². The monoisotopic (exact) mass is 278 g/mol. The van der Waals surface area contributed by atoms with Gasteiger partial charge in [0.1, 0.15) is 0 Å². The van der Waals surface area contributed by atoms with Crippen LogP contribution in [0.1, 0.15) is 23.3 Å². The van der Waals surface area contributed by atoms with Crippen LogP contribution in [-0.4, -0.2) is 40.6 Å². The van der Waals surface area contributed by atoms with Crippen LogP contribution in [0.4, 0.5) is 0 Å². The predicted molar refractivity (Wildman–Crippen MR) is 68.0 cm³/mol. The maximum absolute atomic E-state index is 12.0. The fraction of sp³-hybridized carbons (Fsp3) is 0.308. The number of nitrogens with zero attached hydrogens (tertiary/aromatic N) is 2. The van der Waals surface area contributed by atoms with Crippen molar-refractivity contribution in [3.63, 3.8) is 0 Å². The molecule has 0 aliphatic rings. The van der Waals surface area contributed by atoms with Gasteiger partial charge in [0.25, 0.3) is 5.91 Å². The lowest BCUT2D eigenvalue weighted by molar-refractivity contribution is -0.137. The van der Waals surface area contributed by atoms with Crippen LogP contribution in [0.15, 0.2) is 33.4 Å². The normalized spacial score (nSPS) is 10.4. The molecule has 0 radical (unpaired) electrons. The third-order valence-electron chi connectivity index (χ3n) is 2.72. The molecule has 1 amide bonds. The number of amides is 1. The lowest BCUT2D eigenvalue weighted by Gasteiger charge is -2.14. The van der Waals surface area contributed by atoms with Gasteiger partial charge < -0.3 is 18.9 Å². The Bertz CT molecular complexity index is 588. The molecule has 0 saturated carbocycles. The minimum absolute atomic E-state index is 0.0219. The van der Waals surface area contributed by atoms with Gasteiger partial charge in [0.05, 0.1) is 6.26 Å². The first-order valence-electron chi connectivity index (χ1n) is 6.06. The van der Waals surface area contributed by atoms with Crippen molar-refractivity contribution in [2.75, 3.05) is 13.6 Å². The summed E-state index contributed by atoms with van der Waals surface area (Å²) in [6, 6.07) is 4.90. The van der Waals surface area contributed by atoms with E-state index in [0.717, 1.165) is 0 Å². The second kappa shape index (κ2) is 6.05. The number of carbonyl (C=O) groups is 2. The summed E-state index contributed by atoms with van der Waals surface area (Å²) in [5, 5.41) is 12.2. The summed E-state index contributed by atoms with van der Waals surface area (Å²) < 4.78 is 10.2. The number of aliphatic carboxylic acids is 1. The van der Waals surface area contributed by atoms with Crippen molar-refractivity contribution < 1.29 is 23.6 Å². The highest BCUT2D eigenvalue weighted by molar-refractivity contribution is 5.92. The minimum atomic E-state index is -0.882. The Kier molecular flexibility index (Phi) is 4.19. The van der Waals surface area contributed by atoms with E-state index in [-0.39, 0.29) is 18.0 Å². The molecule has 0 aromatic carbocycles. The van der Waals surface area contributed by atoms with E-state index in [0.29, 0.717) is 24.5 Å². The molecule has 106 valence electrons. The number of carbonyl (C=O) groups excluding carboxylic acids is 1. The van der Waals surface area contributed by atoms with Crippen molar-refractivity contribution in [3.8, 4) is 11.5 Å². The quantitative estimate of drug-likeness (QED) is 0.866. The molecule has 0 spiro atoms. The molecule has 20 heavy (non-hydrogen) atoms. The fourth-order valence-corrected chi connectivity index (χ4v) is 1.68. The summed E-state index contributed by atoms with van der Waals surface area (Å²) in [6.45, 7) is 0.341. The molecular formula is C13H14N2O5. The molecule has 0 atom stereocenters. The Labute approximate surface area is 114 Å². The van der Waals surface area contributed by atoms with Gasteiger partial charge in [-0.15, -0.1) is 0 Å². The van der Waals surface area contributed by atoms with Crippen LogP contribution in [0.5, 0.6) is 0 Å². The number of carboxylic acids is 1. The predicted octanol–water partition coefficient (Wildman–Crippen LogP) is 1.87. The second-order valence-corrected chi connectivity index (χ2v) is 4.28. The Hall–Kier alpha value is -2.57. The summed E-state index contributed by atoms with van der Waals surface area (Å²) in [7, 11) is 1.59. The summed E-state index contributed by atoms with van der Waals surface area (Å²) in [5.74, 6) is -0.341. The molecule has 1 N–H and O–H groups in total. The van der Waals surface area contributed by atoms with Gasteiger partial charge in [0.15, 0.2) is 11.5 Å². The molecule has 0 bridgehead atoms. The van der Waals surface area contributed by atoms with E-state index in [2.05, 4.69) is 5.16 Å². The zero-order valence-corrected chi connectivity index (χ0v) is 10.9. The topological polar surface area (TPSA) is 96.8 Å². The maximum atomic E-state index is 12.0. The van der Waals surface area contributed by atoms with Crippen LogP contribution in [0.3, 0.4) is 0 Å². The van der Waals surface area contributed by atoms with Gasteiger partial charge in [-0.1, -0.05) is 5.16 Å². The number of rotatable bonds is 6. The average Bonchev–Trinajstić information content (AvgIpc) is 3.07. The summed E-state index contributed by atoms with van der Waals surface area (Å²) in [4.78, 5) is 23.9. The maximum Gasteiger partial charge on any atom is 0.303 e. The van der Waals surface area contributed by atoms with Crippen molar-refractivity contribution in [2.24, 2.45) is 0 Å². The summed E-state index contributed by atoms with van der Waals surface area (Å²) >= 11 is 0. The molecular weight excluding hydrogens is 264 g/mol. The highest BCUT2D eigenvalue weighted by Gasteiger charge is 2.18. The van der Waals surface area contributed by atoms with Crippen LogP contribution < -0.4 is 0 Å². The zero-order valence-electron chi connectivity index (χ0n) is 10.9. The van der Waals surface area contributed by atoms with Crippen LogP contribution in [0, 0.1) is 0 Å². The largest absolute Gasteiger partial charge is 0.481 e. The molecule has 2 aromatic heterocycles. The van der Waals surface area contributed by atoms with Crippen LogP contribution >= 0.6 is 0 Å². The van der Waals surface area contributed by atoms with E-state index in [1.165, 1.54) is 17.2 Å². The number of furan rings is 1. The highest BCUT2D eigenvalue weighted by atomic mass is 16.5. The van der Waals surface area contributed by atoms with Gasteiger partial charge in [-0.05, 0) is 18.6 Å². The third kappa shape index (κ3) is 3.25. The van der Waals surface area contributed by atoms with E-state index >= 15 is 0 Å². The molecule has 0 unspecified atom stereocenters. The SMILES string of the molecule is CN(CCCC(=O)O)C(=O)c1cc(-c2ccco2)on1. The van der Waals surface area contributed by atoms with E-state index in [1.807, 2.05) is 0 Å². The van der Waals surface area contributed by atoms with Gasteiger partial charge in [-0.2, -0.15) is 0 Å². The summed E-state index contributed by atoms with van der Waals surface area (Å²) in [6.07, 6.45) is 1.91. The van der Waals surface area contributed by atoms with E-state index in [4.69, 9.17) is 14.0 Å². The van der Waals surface area contributed by atoms with E-state index in [9.17, 15) is 9.59 Å². The Balaban J connectivity index is 1.97. The van der Waals surface area contributed by atoms with Crippen molar-refractivity contribution in [1.29, 1.82) is 0 Å². The number of hydrogen-bond acceptors (Lipinski definition) is 5. The molecule has 2 heterocycles. The first-order chi connectivity index (χ1) is 9.58. The van der Waals surface area contributed by atoms with Crippen molar-refractivity contribution in [3.05, 3.63) is 30.2 Å². The first kappa shape index (κ1) is 13.9. The number of hydrogen-bond donors (Lipinski definition) is 1. The Morgan fingerprint density at radius 1 is 1.40 bits per heavy atom. The molecule has 7 heteroatoms. The van der Waals surface area contributed by atoms with E-state index in [1.54, 1.807) is 19.2 Å². The van der Waals surface area contributed by atoms with Crippen molar-refractivity contribution in [2.45, 2.75) is 12.8 Å². The Morgan fingerprint density at radius 2 is 2.20 bits per heavy atom. The molecule has 7 nitrogen and oxygen atoms in total. The van der Waals surface area contributed by atoms with Crippen LogP contribution in [0.25, 0.3) is 11.5 Å². The molecule has 0 fully saturated rings. The summed E-state index contributed by atoms with van der Waals surface area (Å²) in [5.41, 5.74) is 0.161. The van der Waals surface area contributed by atoms with Gasteiger partial charge in [0, 0.05) is 26.1 Å². The highest BCUT2D eigenvalue weighted by Crippen LogP contribution is 2.21. The molecule has 2 rings (SSSR count). The van der Waals surface area contributed by atoms with Crippen molar-refractivity contribution >= 4 is 11.9 Å². The van der Waals surface area contributed by atoms with Gasteiger partial charge >= 0.3 is 5.97 Å². The minimum Gasteiger partial charge on any atom is -0.481 e. The van der Waals surface area contributed by atoms with Crippen LogP contribution in [-0.2, 0) is 4.79 Å². The second-order valence-electron chi connectivity index (χ2n) is 4.28. The first-order valence-corrected chi connectivity index (χ1v) is 6.06. The Morgan fingerprint density at radius 3 is 2.85 bits per heavy atom. The fourth-order valence-electron chi connectivity index (χ4n) is 1.68. The smallest absolute Gasteiger partial charge is 0.303 e. The van der Waals surface area contributed by atoms with Crippen molar-refractivity contribution in [1.82, 2.24) is 10.1 Å². The lowest BCUT2D eigenvalue weighted by Crippen LogP contribution is -2.28. The lowest BCUT2D eigenvalue weighted by atomic mass is 10.2. The molecule has 0 saturated heterocycles. The molecule has 0 aliphatic heterocycles. The standard InChI is InChI=1S/C13H14N2O5/c1-15(6-2-5-12(16)17)13(18)9-8-11(20-14-9)10-4-3-7-19-10/h3-4,7-8H,2,5-6H2,1H3,(H,16,17). The number of aromatic nitrogens is 1. The van der Waals surface area contributed by atoms with Gasteiger partial charge in [-0.25, -0.2) is 0 Å². The third-order valence-corrected chi connectivity index (χ3v) is 2.72. The van der Waals surface area contributed by atoms with Crippen LogP contribution in [0.2, 0.25) is 0 Å². The number of carboxylic acid groups (broad SMARTS) is 1. The zero-order chi connectivity index (χ0) is 14.5. The molecule has 0 aliphatic carbocycles. The average molecular weight is 278 g/mol. The van der Waals surface area contributed by atoms with Gasteiger partial charge in [0.2, 0.25) is 5.76 Å².